The normalized spacial score (nSPS) is 26.5. The molecule has 0 N–H and O–H groups in total. The molecule has 4 heterocycles. The predicted octanol–water partition coefficient (Wildman–Crippen LogP) is 2.68. The van der Waals surface area contributed by atoms with Crippen molar-refractivity contribution in [1.29, 1.82) is 0 Å². The van der Waals surface area contributed by atoms with Crippen molar-refractivity contribution in [3.8, 4) is 0 Å². The number of benzene rings is 1. The van der Waals surface area contributed by atoms with Crippen LogP contribution < -0.4 is 0 Å². The highest BCUT2D eigenvalue weighted by molar-refractivity contribution is 5.74. The van der Waals surface area contributed by atoms with Crippen molar-refractivity contribution in [2.24, 2.45) is 11.8 Å². The van der Waals surface area contributed by atoms with E-state index in [-0.39, 0.29) is 11.9 Å². The van der Waals surface area contributed by atoms with E-state index in [1.54, 1.807) is 0 Å². The lowest BCUT2D eigenvalue weighted by atomic mass is 9.83. The van der Waals surface area contributed by atoms with Gasteiger partial charge in [-0.2, -0.15) is 0 Å². The lowest BCUT2D eigenvalue weighted by Crippen LogP contribution is -2.24. The van der Waals surface area contributed by atoms with Crippen LogP contribution in [0.25, 0.3) is 0 Å². The molecule has 1 aromatic rings. The number of ether oxygens (including phenoxy) is 2. The Kier molecular flexibility index (Phi) is 4.76. The minimum Gasteiger partial charge on any atom is -0.465 e. The molecule has 1 aromatic carbocycles. The monoisotopic (exact) mass is 302 g/mol. The van der Waals surface area contributed by atoms with E-state index < -0.39 is 0 Å². The van der Waals surface area contributed by atoms with Crippen LogP contribution in [0, 0.1) is 11.8 Å². The summed E-state index contributed by atoms with van der Waals surface area (Å²) in [4.78, 5) is 23.8. The molecule has 4 nitrogen and oxygen atoms in total. The molecule has 0 unspecified atom stereocenters. The Bertz CT molecular complexity index is 478. The minimum absolute atomic E-state index is 0.165. The molecule has 6 rings (SSSR count). The van der Waals surface area contributed by atoms with Gasteiger partial charge in [0.25, 0.3) is 0 Å². The third kappa shape index (κ3) is 4.09. The summed E-state index contributed by atoms with van der Waals surface area (Å²) in [6.45, 7) is 1.03. The van der Waals surface area contributed by atoms with E-state index in [1.165, 1.54) is 0 Å². The van der Waals surface area contributed by atoms with Crippen molar-refractivity contribution in [3.63, 3.8) is 0 Å². The molecule has 1 saturated carbocycles. The number of esters is 2. The van der Waals surface area contributed by atoms with E-state index in [0.29, 0.717) is 37.9 Å². The van der Waals surface area contributed by atoms with Crippen LogP contribution in [-0.2, 0) is 31.9 Å². The molecule has 0 atom stereocenters. The summed E-state index contributed by atoms with van der Waals surface area (Å²) in [5.74, 6) is 0.570. The van der Waals surface area contributed by atoms with E-state index in [2.05, 4.69) is 0 Å². The topological polar surface area (TPSA) is 52.6 Å². The van der Waals surface area contributed by atoms with Gasteiger partial charge in [0.2, 0.25) is 0 Å². The standard InChI is InChI=1S/C18H22O4/c19-17-9-13-1-2-14(4-3-13)10-18(20)22-12-16-7-5-15(6-8-16)11-21-17/h1-4,15-16H,5-12H2. The highest BCUT2D eigenvalue weighted by atomic mass is 16.5. The van der Waals surface area contributed by atoms with Gasteiger partial charge < -0.3 is 9.47 Å². The third-order valence-electron chi connectivity index (χ3n) is 4.65. The quantitative estimate of drug-likeness (QED) is 0.691. The van der Waals surface area contributed by atoms with Crippen molar-refractivity contribution in [1.82, 2.24) is 0 Å². The Morgan fingerprint density at radius 1 is 0.682 bits per heavy atom. The molecule has 0 spiro atoms. The first kappa shape index (κ1) is 15.1. The molecular formula is C18H22O4. The van der Waals surface area contributed by atoms with Crippen molar-refractivity contribution in [2.45, 2.75) is 38.5 Å². The summed E-state index contributed by atoms with van der Waals surface area (Å²) in [6, 6.07) is 7.51. The molecule has 22 heavy (non-hydrogen) atoms. The van der Waals surface area contributed by atoms with Gasteiger partial charge in [-0.25, -0.2) is 0 Å². The molecule has 118 valence electrons. The predicted molar refractivity (Wildman–Crippen MR) is 81.2 cm³/mol. The lowest BCUT2D eigenvalue weighted by molar-refractivity contribution is -0.147. The summed E-state index contributed by atoms with van der Waals surface area (Å²) in [5.41, 5.74) is 1.83. The maximum absolute atomic E-state index is 11.9. The SMILES string of the molecule is O=C1Cc2ccc(cc2)CC(=O)OCC2CCC(CC2)CO1. The second-order valence-electron chi connectivity index (χ2n) is 6.42. The summed E-state index contributed by atoms with van der Waals surface area (Å²) in [7, 11) is 0. The van der Waals surface area contributed by atoms with Crippen molar-refractivity contribution >= 4 is 11.9 Å². The average molecular weight is 302 g/mol. The summed E-state index contributed by atoms with van der Waals surface area (Å²) in [5, 5.41) is 0. The molecule has 1 aliphatic carbocycles. The molecule has 0 aromatic heterocycles. The Morgan fingerprint density at radius 3 is 1.41 bits per heavy atom. The van der Waals surface area contributed by atoms with Gasteiger partial charge in [0.1, 0.15) is 0 Å². The first-order valence-corrected chi connectivity index (χ1v) is 8.08. The Balaban J connectivity index is 1.71. The van der Waals surface area contributed by atoms with Gasteiger partial charge in [-0.3, -0.25) is 9.59 Å². The van der Waals surface area contributed by atoms with Crippen LogP contribution in [0.3, 0.4) is 0 Å². The van der Waals surface area contributed by atoms with E-state index in [0.717, 1.165) is 36.8 Å². The highest BCUT2D eigenvalue weighted by Crippen LogP contribution is 2.29. The van der Waals surface area contributed by atoms with Crippen molar-refractivity contribution in [3.05, 3.63) is 35.4 Å². The van der Waals surface area contributed by atoms with Gasteiger partial charge in [0.15, 0.2) is 0 Å². The van der Waals surface area contributed by atoms with E-state index in [4.69, 9.17) is 9.47 Å². The lowest BCUT2D eigenvalue weighted by Gasteiger charge is -2.28. The van der Waals surface area contributed by atoms with Crippen LogP contribution in [0.4, 0.5) is 0 Å². The molecule has 1 fully saturated rings. The number of hydrogen-bond donors (Lipinski definition) is 0. The summed E-state index contributed by atoms with van der Waals surface area (Å²) < 4.78 is 10.8. The fourth-order valence-electron chi connectivity index (χ4n) is 3.20. The zero-order valence-electron chi connectivity index (χ0n) is 12.8. The molecule has 0 radical (unpaired) electrons. The number of carbonyl (C=O) groups excluding carboxylic acids is 2. The van der Waals surface area contributed by atoms with E-state index in [1.807, 2.05) is 24.3 Å². The maximum Gasteiger partial charge on any atom is 0.310 e. The van der Waals surface area contributed by atoms with Crippen LogP contribution in [-0.4, -0.2) is 25.2 Å². The third-order valence-corrected chi connectivity index (χ3v) is 4.65. The maximum atomic E-state index is 11.9. The Labute approximate surface area is 130 Å². The smallest absolute Gasteiger partial charge is 0.310 e. The number of rotatable bonds is 0. The minimum atomic E-state index is -0.165. The van der Waals surface area contributed by atoms with Gasteiger partial charge in [-0.05, 0) is 48.6 Å². The van der Waals surface area contributed by atoms with Gasteiger partial charge in [-0.1, -0.05) is 24.3 Å². The summed E-state index contributed by atoms with van der Waals surface area (Å²) >= 11 is 0. The second kappa shape index (κ2) is 6.95. The fourth-order valence-corrected chi connectivity index (χ4v) is 3.20. The molecule has 0 amide bonds. The largest absolute Gasteiger partial charge is 0.465 e. The zero-order chi connectivity index (χ0) is 15.4. The van der Waals surface area contributed by atoms with Crippen LogP contribution >= 0.6 is 0 Å². The zero-order valence-corrected chi connectivity index (χ0v) is 12.8. The van der Waals surface area contributed by atoms with Gasteiger partial charge in [0.05, 0.1) is 26.1 Å². The van der Waals surface area contributed by atoms with Gasteiger partial charge >= 0.3 is 11.9 Å². The first-order valence-electron chi connectivity index (χ1n) is 8.08. The van der Waals surface area contributed by atoms with Crippen LogP contribution in [0.1, 0.15) is 36.8 Å². The van der Waals surface area contributed by atoms with Crippen LogP contribution in [0.15, 0.2) is 24.3 Å². The molecular weight excluding hydrogens is 280 g/mol. The van der Waals surface area contributed by atoms with Crippen molar-refractivity contribution in [2.75, 3.05) is 13.2 Å². The summed E-state index contributed by atoms with van der Waals surface area (Å²) in [6.07, 6.45) is 4.76. The van der Waals surface area contributed by atoms with Crippen molar-refractivity contribution < 1.29 is 19.1 Å². The molecule has 5 aliphatic rings. The van der Waals surface area contributed by atoms with Gasteiger partial charge in [0, 0.05) is 0 Å². The van der Waals surface area contributed by atoms with Crippen LogP contribution in [0.5, 0.6) is 0 Å². The molecule has 4 aliphatic heterocycles. The fraction of sp³-hybridized carbons (Fsp3) is 0.556. The van der Waals surface area contributed by atoms with E-state index >= 15 is 0 Å². The highest BCUT2D eigenvalue weighted by Gasteiger charge is 2.23. The molecule has 4 bridgehead atoms. The van der Waals surface area contributed by atoms with E-state index in [9.17, 15) is 9.59 Å². The first-order chi connectivity index (χ1) is 10.7. The number of hydrogen-bond acceptors (Lipinski definition) is 4. The van der Waals surface area contributed by atoms with Crippen LogP contribution in [0.2, 0.25) is 0 Å². The number of carbonyl (C=O) groups is 2. The Hall–Kier alpha value is -1.84. The Morgan fingerprint density at radius 2 is 1.05 bits per heavy atom. The average Bonchev–Trinajstić information content (AvgIpc) is 2.53. The van der Waals surface area contributed by atoms with Gasteiger partial charge in [-0.15, -0.1) is 0 Å². The molecule has 0 saturated heterocycles. The molecule has 4 heteroatoms. The second-order valence-corrected chi connectivity index (χ2v) is 6.42.